The van der Waals surface area contributed by atoms with Gasteiger partial charge in [-0.1, -0.05) is 12.1 Å². The van der Waals surface area contributed by atoms with Crippen LogP contribution in [0.1, 0.15) is 11.1 Å². The molecule has 0 heterocycles. The Balaban J connectivity index is 3.42. The van der Waals surface area contributed by atoms with Crippen LogP contribution in [0.5, 0.6) is 0 Å². The molecule has 0 aliphatic rings. The topological polar surface area (TPSA) is 23.8 Å². The fourth-order valence-corrected chi connectivity index (χ4v) is 1.26. The number of alkyl halides is 7. The Bertz CT molecular complexity index is 449. The maximum Gasteiger partial charge on any atom is 0.435 e. The first-order valence-corrected chi connectivity index (χ1v) is 4.37. The van der Waals surface area contributed by atoms with E-state index >= 15 is 0 Å². The van der Waals surface area contributed by atoms with Gasteiger partial charge in [-0.3, -0.25) is 0 Å². The van der Waals surface area contributed by atoms with E-state index in [0.717, 1.165) is 0 Å². The van der Waals surface area contributed by atoms with Crippen LogP contribution in [0.2, 0.25) is 0 Å². The van der Waals surface area contributed by atoms with Gasteiger partial charge in [0.1, 0.15) is 0 Å². The number of benzene rings is 1. The molecule has 98 valence electrons. The van der Waals surface area contributed by atoms with E-state index in [4.69, 9.17) is 5.26 Å². The summed E-state index contributed by atoms with van der Waals surface area (Å²) in [6.45, 7) is 0. The van der Waals surface area contributed by atoms with Crippen LogP contribution in [0.15, 0.2) is 24.3 Å². The lowest BCUT2D eigenvalue weighted by molar-refractivity contribution is -0.348. The molecule has 1 aromatic rings. The van der Waals surface area contributed by atoms with Crippen LogP contribution in [0.4, 0.5) is 30.7 Å². The standard InChI is InChI=1S/C10H4F7N/c11-8(9(12,13)14,10(15,16)17)7-3-1-6(5-18)2-4-7/h1-4H. The summed E-state index contributed by atoms with van der Waals surface area (Å²) < 4.78 is 87.3. The highest BCUT2D eigenvalue weighted by Gasteiger charge is 2.73. The summed E-state index contributed by atoms with van der Waals surface area (Å²) in [7, 11) is 0. The second-order valence-corrected chi connectivity index (χ2v) is 3.34. The number of rotatable bonds is 1. The fraction of sp³-hybridized carbons (Fsp3) is 0.300. The van der Waals surface area contributed by atoms with Gasteiger partial charge in [-0.15, -0.1) is 0 Å². The van der Waals surface area contributed by atoms with E-state index in [2.05, 4.69) is 0 Å². The van der Waals surface area contributed by atoms with Crippen LogP contribution in [-0.4, -0.2) is 12.4 Å². The van der Waals surface area contributed by atoms with Crippen molar-refractivity contribution in [3.05, 3.63) is 35.4 Å². The third-order valence-electron chi connectivity index (χ3n) is 2.19. The van der Waals surface area contributed by atoms with Crippen molar-refractivity contribution in [2.24, 2.45) is 0 Å². The van der Waals surface area contributed by atoms with Crippen LogP contribution >= 0.6 is 0 Å². The molecule has 18 heavy (non-hydrogen) atoms. The number of hydrogen-bond donors (Lipinski definition) is 0. The van der Waals surface area contributed by atoms with Gasteiger partial charge in [0.15, 0.2) is 0 Å². The molecular formula is C10H4F7N. The first-order chi connectivity index (χ1) is 8.04. The van der Waals surface area contributed by atoms with Gasteiger partial charge in [-0.05, 0) is 12.1 Å². The number of hydrogen-bond acceptors (Lipinski definition) is 1. The Morgan fingerprint density at radius 1 is 0.778 bits per heavy atom. The second kappa shape index (κ2) is 4.15. The Hall–Kier alpha value is -1.78. The maximum absolute atomic E-state index is 13.4. The van der Waals surface area contributed by atoms with Crippen LogP contribution < -0.4 is 0 Å². The Morgan fingerprint density at radius 2 is 1.17 bits per heavy atom. The molecule has 0 fully saturated rings. The zero-order chi connectivity index (χ0) is 14.2. The minimum Gasteiger partial charge on any atom is -0.218 e. The summed E-state index contributed by atoms with van der Waals surface area (Å²) >= 11 is 0. The second-order valence-electron chi connectivity index (χ2n) is 3.34. The number of nitrogens with zero attached hydrogens (tertiary/aromatic N) is 1. The predicted molar refractivity (Wildman–Crippen MR) is 46.1 cm³/mol. The van der Waals surface area contributed by atoms with Crippen molar-refractivity contribution in [1.82, 2.24) is 0 Å². The van der Waals surface area contributed by atoms with Crippen molar-refractivity contribution in [2.45, 2.75) is 18.0 Å². The Labute approximate surface area is 96.4 Å². The van der Waals surface area contributed by atoms with Gasteiger partial charge in [-0.25, -0.2) is 4.39 Å². The predicted octanol–water partition coefficient (Wildman–Crippen LogP) is 3.85. The highest BCUT2D eigenvalue weighted by molar-refractivity contribution is 5.35. The molecule has 0 radical (unpaired) electrons. The summed E-state index contributed by atoms with van der Waals surface area (Å²) in [5.41, 5.74) is -7.24. The van der Waals surface area contributed by atoms with Crippen molar-refractivity contribution >= 4 is 0 Å². The quantitative estimate of drug-likeness (QED) is 0.712. The molecule has 0 spiro atoms. The van der Waals surface area contributed by atoms with Gasteiger partial charge in [0.25, 0.3) is 0 Å². The van der Waals surface area contributed by atoms with Crippen LogP contribution in [0.3, 0.4) is 0 Å². The third-order valence-corrected chi connectivity index (χ3v) is 2.19. The highest BCUT2D eigenvalue weighted by Crippen LogP contribution is 2.53. The fourth-order valence-electron chi connectivity index (χ4n) is 1.26. The minimum absolute atomic E-state index is 0.176. The monoisotopic (exact) mass is 271 g/mol. The van der Waals surface area contributed by atoms with Gasteiger partial charge < -0.3 is 0 Å². The van der Waals surface area contributed by atoms with Crippen LogP contribution in [0, 0.1) is 11.3 Å². The van der Waals surface area contributed by atoms with Crippen molar-refractivity contribution in [1.29, 1.82) is 5.26 Å². The lowest BCUT2D eigenvalue weighted by atomic mass is 9.93. The molecule has 0 N–H and O–H groups in total. The normalized spacial score (nSPS) is 13.2. The number of halogens is 7. The average Bonchev–Trinajstić information content (AvgIpc) is 2.25. The van der Waals surface area contributed by atoms with E-state index in [9.17, 15) is 30.7 Å². The lowest BCUT2D eigenvalue weighted by Gasteiger charge is -2.30. The van der Waals surface area contributed by atoms with Gasteiger partial charge in [-0.2, -0.15) is 31.6 Å². The Kier molecular flexibility index (Phi) is 3.30. The minimum atomic E-state index is -6.14. The van der Waals surface area contributed by atoms with Crippen molar-refractivity contribution in [3.8, 4) is 6.07 Å². The summed E-state index contributed by atoms with van der Waals surface area (Å²) in [6, 6.07) is 3.44. The molecule has 8 heteroatoms. The van der Waals surface area contributed by atoms with Crippen LogP contribution in [-0.2, 0) is 5.67 Å². The molecule has 0 saturated heterocycles. The molecule has 0 bridgehead atoms. The first kappa shape index (κ1) is 14.3. The smallest absolute Gasteiger partial charge is 0.218 e. The molecule has 0 aliphatic carbocycles. The van der Waals surface area contributed by atoms with Crippen molar-refractivity contribution in [3.63, 3.8) is 0 Å². The summed E-state index contributed by atoms with van der Waals surface area (Å²) in [5.74, 6) is 0. The SMILES string of the molecule is N#Cc1ccc(C(F)(C(F)(F)F)C(F)(F)F)cc1. The zero-order valence-corrected chi connectivity index (χ0v) is 8.40. The van der Waals surface area contributed by atoms with E-state index < -0.39 is 23.6 Å². The molecule has 0 aromatic heterocycles. The van der Waals surface area contributed by atoms with E-state index in [1.165, 1.54) is 6.07 Å². The van der Waals surface area contributed by atoms with Gasteiger partial charge >= 0.3 is 18.0 Å². The molecule has 0 unspecified atom stereocenters. The number of nitriles is 1. The maximum atomic E-state index is 13.4. The van der Waals surface area contributed by atoms with Gasteiger partial charge in [0, 0.05) is 5.56 Å². The summed E-state index contributed by atoms with van der Waals surface area (Å²) in [4.78, 5) is 0. The van der Waals surface area contributed by atoms with Crippen LogP contribution in [0.25, 0.3) is 0 Å². The molecule has 1 rings (SSSR count). The largest absolute Gasteiger partial charge is 0.435 e. The summed E-state index contributed by atoms with van der Waals surface area (Å²) in [6.07, 6.45) is -12.3. The van der Waals surface area contributed by atoms with Gasteiger partial charge in [0.2, 0.25) is 0 Å². The summed E-state index contributed by atoms with van der Waals surface area (Å²) in [5, 5.41) is 8.36. The average molecular weight is 271 g/mol. The molecular weight excluding hydrogens is 267 g/mol. The van der Waals surface area contributed by atoms with E-state index in [-0.39, 0.29) is 5.56 Å². The van der Waals surface area contributed by atoms with Gasteiger partial charge in [0.05, 0.1) is 11.6 Å². The molecule has 0 saturated carbocycles. The Morgan fingerprint density at radius 3 is 1.44 bits per heavy atom. The lowest BCUT2D eigenvalue weighted by Crippen LogP contribution is -2.50. The van der Waals surface area contributed by atoms with E-state index in [0.29, 0.717) is 24.3 Å². The van der Waals surface area contributed by atoms with Crippen molar-refractivity contribution < 1.29 is 30.7 Å². The zero-order valence-electron chi connectivity index (χ0n) is 8.40. The molecule has 1 nitrogen and oxygen atoms in total. The van der Waals surface area contributed by atoms with E-state index in [1.807, 2.05) is 0 Å². The van der Waals surface area contributed by atoms with Crippen molar-refractivity contribution in [2.75, 3.05) is 0 Å². The molecule has 1 aromatic carbocycles. The molecule has 0 amide bonds. The molecule has 0 aliphatic heterocycles. The third kappa shape index (κ3) is 2.12. The highest BCUT2D eigenvalue weighted by atomic mass is 19.4. The molecule has 0 atom stereocenters. The van der Waals surface area contributed by atoms with E-state index in [1.54, 1.807) is 0 Å². The first-order valence-electron chi connectivity index (χ1n) is 4.37.